The van der Waals surface area contributed by atoms with E-state index >= 15 is 0 Å². The molecule has 0 spiro atoms. The maximum atomic E-state index is 11.8. The number of nitrogens with zero attached hydrogens (tertiary/aromatic N) is 1. The fraction of sp³-hybridized carbons (Fsp3) is 0.600. The number of nitrogens with one attached hydrogen (secondary N) is 2. The Morgan fingerprint density at radius 2 is 2.35 bits per heavy atom. The van der Waals surface area contributed by atoms with Gasteiger partial charge >= 0.3 is 0 Å². The van der Waals surface area contributed by atoms with Crippen molar-refractivity contribution in [2.24, 2.45) is 0 Å². The molecule has 1 aliphatic heterocycles. The molecule has 2 N–H and O–H groups in total. The minimum Gasteiger partial charge on any atom is -0.365 e. The Morgan fingerprint density at radius 3 is 3.05 bits per heavy atom. The average molecular weight is 277 g/mol. The normalized spacial score (nSPS) is 21.9. The molecular formula is C15H23N3O2. The summed E-state index contributed by atoms with van der Waals surface area (Å²) in [6.45, 7) is 4.38. The first-order valence-corrected chi connectivity index (χ1v) is 7.28. The van der Waals surface area contributed by atoms with Crippen LogP contribution in [-0.2, 0) is 16.1 Å². The second kappa shape index (κ2) is 7.97. The summed E-state index contributed by atoms with van der Waals surface area (Å²) in [4.78, 5) is 15.8. The highest BCUT2D eigenvalue weighted by molar-refractivity contribution is 5.80. The van der Waals surface area contributed by atoms with Crippen molar-refractivity contribution in [3.63, 3.8) is 0 Å². The number of pyridine rings is 1. The molecule has 1 fully saturated rings. The molecule has 0 aliphatic carbocycles. The van der Waals surface area contributed by atoms with Gasteiger partial charge in [-0.3, -0.25) is 9.78 Å². The molecule has 1 aliphatic rings. The third kappa shape index (κ3) is 4.90. The summed E-state index contributed by atoms with van der Waals surface area (Å²) in [5, 5.41) is 6.26. The number of aromatic nitrogens is 1. The van der Waals surface area contributed by atoms with Crippen molar-refractivity contribution in [2.75, 3.05) is 13.1 Å². The summed E-state index contributed by atoms with van der Waals surface area (Å²) in [7, 11) is 0. The van der Waals surface area contributed by atoms with Crippen LogP contribution in [0.1, 0.15) is 31.7 Å². The molecule has 2 atom stereocenters. The van der Waals surface area contributed by atoms with Crippen LogP contribution >= 0.6 is 0 Å². The zero-order chi connectivity index (χ0) is 14.2. The van der Waals surface area contributed by atoms with E-state index in [1.807, 2.05) is 25.3 Å². The molecule has 2 rings (SSSR count). The number of hydrogen-bond donors (Lipinski definition) is 2. The summed E-state index contributed by atoms with van der Waals surface area (Å²) >= 11 is 0. The predicted molar refractivity (Wildman–Crippen MR) is 77.1 cm³/mol. The Bertz CT molecular complexity index is 411. The van der Waals surface area contributed by atoms with Crippen molar-refractivity contribution in [1.29, 1.82) is 0 Å². The molecule has 0 radical (unpaired) electrons. The van der Waals surface area contributed by atoms with Gasteiger partial charge in [0.2, 0.25) is 5.91 Å². The maximum absolute atomic E-state index is 11.8. The van der Waals surface area contributed by atoms with Crippen LogP contribution in [0.3, 0.4) is 0 Å². The van der Waals surface area contributed by atoms with E-state index < -0.39 is 0 Å². The van der Waals surface area contributed by atoms with Crippen LogP contribution in [0, 0.1) is 0 Å². The topological polar surface area (TPSA) is 63.2 Å². The first-order valence-electron chi connectivity index (χ1n) is 7.28. The van der Waals surface area contributed by atoms with Gasteiger partial charge in [0, 0.05) is 25.5 Å². The Balaban J connectivity index is 1.50. The van der Waals surface area contributed by atoms with Crippen molar-refractivity contribution in [3.05, 3.63) is 30.1 Å². The van der Waals surface area contributed by atoms with Gasteiger partial charge in [0.15, 0.2) is 0 Å². The van der Waals surface area contributed by atoms with Crippen molar-refractivity contribution in [2.45, 2.75) is 44.9 Å². The third-order valence-corrected chi connectivity index (χ3v) is 3.41. The summed E-state index contributed by atoms with van der Waals surface area (Å²) in [5.74, 6) is 0.0293. The molecular weight excluding hydrogens is 254 g/mol. The molecule has 5 nitrogen and oxygen atoms in total. The molecule has 20 heavy (non-hydrogen) atoms. The fourth-order valence-corrected chi connectivity index (χ4v) is 2.27. The average Bonchev–Trinajstić information content (AvgIpc) is 2.90. The van der Waals surface area contributed by atoms with Gasteiger partial charge in [0.25, 0.3) is 0 Å². The molecule has 1 amide bonds. The number of carbonyl (C=O) groups is 1. The highest BCUT2D eigenvalue weighted by atomic mass is 16.5. The van der Waals surface area contributed by atoms with Crippen molar-refractivity contribution in [3.8, 4) is 0 Å². The van der Waals surface area contributed by atoms with Crippen LogP contribution < -0.4 is 10.6 Å². The number of carbonyl (C=O) groups excluding carboxylic acids is 1. The Kier molecular flexibility index (Phi) is 5.95. The summed E-state index contributed by atoms with van der Waals surface area (Å²) in [6.07, 6.45) is 6.32. The lowest BCUT2D eigenvalue weighted by atomic mass is 10.2. The molecule has 5 heteroatoms. The Morgan fingerprint density at radius 1 is 1.45 bits per heavy atom. The van der Waals surface area contributed by atoms with Crippen LogP contribution in [-0.4, -0.2) is 36.2 Å². The molecule has 110 valence electrons. The van der Waals surface area contributed by atoms with E-state index in [-0.39, 0.29) is 18.1 Å². The number of ether oxygens (including phenoxy) is 1. The van der Waals surface area contributed by atoms with E-state index in [0.29, 0.717) is 6.54 Å². The van der Waals surface area contributed by atoms with Crippen molar-refractivity contribution < 1.29 is 9.53 Å². The molecule has 0 aromatic carbocycles. The molecule has 1 aromatic heterocycles. The van der Waals surface area contributed by atoms with E-state index in [2.05, 4.69) is 15.6 Å². The van der Waals surface area contributed by atoms with Crippen LogP contribution in [0.25, 0.3) is 0 Å². The van der Waals surface area contributed by atoms with Gasteiger partial charge < -0.3 is 15.4 Å². The summed E-state index contributed by atoms with van der Waals surface area (Å²) in [5.41, 5.74) is 1.17. The Labute approximate surface area is 120 Å². The molecule has 1 saturated heterocycles. The predicted octanol–water partition coefficient (Wildman–Crippen LogP) is 1.24. The standard InChI is InChI=1S/C15H23N3O2/c1-12-5-6-14(20-12)15(19)18-9-3-8-17-11-13-4-2-7-16-10-13/h2,4,7,10,12,14,17H,3,5-6,8-9,11H2,1H3,(H,18,19). The third-order valence-electron chi connectivity index (χ3n) is 3.41. The minimum atomic E-state index is -0.242. The first kappa shape index (κ1) is 14.9. The highest BCUT2D eigenvalue weighted by Gasteiger charge is 2.27. The van der Waals surface area contributed by atoms with E-state index in [4.69, 9.17) is 4.74 Å². The van der Waals surface area contributed by atoms with E-state index in [1.54, 1.807) is 6.20 Å². The minimum absolute atomic E-state index is 0.0293. The van der Waals surface area contributed by atoms with E-state index in [9.17, 15) is 4.79 Å². The smallest absolute Gasteiger partial charge is 0.249 e. The maximum Gasteiger partial charge on any atom is 0.249 e. The second-order valence-corrected chi connectivity index (χ2v) is 5.20. The van der Waals surface area contributed by atoms with Crippen LogP contribution in [0.15, 0.2) is 24.5 Å². The number of amides is 1. The molecule has 0 bridgehead atoms. The van der Waals surface area contributed by atoms with Crippen molar-refractivity contribution in [1.82, 2.24) is 15.6 Å². The van der Waals surface area contributed by atoms with Gasteiger partial charge in [-0.2, -0.15) is 0 Å². The Hall–Kier alpha value is -1.46. The second-order valence-electron chi connectivity index (χ2n) is 5.20. The number of hydrogen-bond acceptors (Lipinski definition) is 4. The van der Waals surface area contributed by atoms with Gasteiger partial charge in [0.1, 0.15) is 6.10 Å². The van der Waals surface area contributed by atoms with Crippen LogP contribution in [0.4, 0.5) is 0 Å². The fourth-order valence-electron chi connectivity index (χ4n) is 2.27. The van der Waals surface area contributed by atoms with Crippen LogP contribution in [0.2, 0.25) is 0 Å². The number of rotatable bonds is 7. The lowest BCUT2D eigenvalue weighted by Gasteiger charge is -2.11. The molecule has 1 aromatic rings. The SMILES string of the molecule is CC1CCC(C(=O)NCCCNCc2cccnc2)O1. The van der Waals surface area contributed by atoms with Crippen LogP contribution in [0.5, 0.6) is 0 Å². The van der Waals surface area contributed by atoms with Gasteiger partial charge in [-0.1, -0.05) is 6.07 Å². The zero-order valence-corrected chi connectivity index (χ0v) is 12.0. The van der Waals surface area contributed by atoms with E-state index in [1.165, 1.54) is 5.56 Å². The van der Waals surface area contributed by atoms with Gasteiger partial charge in [-0.05, 0) is 44.4 Å². The van der Waals surface area contributed by atoms with E-state index in [0.717, 1.165) is 32.4 Å². The van der Waals surface area contributed by atoms with Gasteiger partial charge in [-0.15, -0.1) is 0 Å². The van der Waals surface area contributed by atoms with Crippen molar-refractivity contribution >= 4 is 5.91 Å². The molecule has 2 heterocycles. The quantitative estimate of drug-likeness (QED) is 0.736. The monoisotopic (exact) mass is 277 g/mol. The lowest BCUT2D eigenvalue weighted by Crippen LogP contribution is -2.36. The van der Waals surface area contributed by atoms with Gasteiger partial charge in [-0.25, -0.2) is 0 Å². The first-order chi connectivity index (χ1) is 9.75. The largest absolute Gasteiger partial charge is 0.365 e. The summed E-state index contributed by atoms with van der Waals surface area (Å²) < 4.78 is 5.52. The lowest BCUT2D eigenvalue weighted by molar-refractivity contribution is -0.131. The molecule has 0 saturated carbocycles. The molecule has 2 unspecified atom stereocenters. The highest BCUT2D eigenvalue weighted by Crippen LogP contribution is 2.18. The summed E-state index contributed by atoms with van der Waals surface area (Å²) in [6, 6.07) is 3.97. The zero-order valence-electron chi connectivity index (χ0n) is 12.0. The van der Waals surface area contributed by atoms with Gasteiger partial charge in [0.05, 0.1) is 6.10 Å².